The first-order valence-electron chi connectivity index (χ1n) is 12.5. The number of methoxy groups -OCH3 is 1. The number of rotatable bonds is 7. The fourth-order valence-corrected chi connectivity index (χ4v) is 5.33. The molecule has 2 aromatic rings. The second-order valence-corrected chi connectivity index (χ2v) is 9.63. The van der Waals surface area contributed by atoms with Crippen LogP contribution in [-0.4, -0.2) is 80.0 Å². The zero-order chi connectivity index (χ0) is 23.3. The lowest BCUT2D eigenvalue weighted by Gasteiger charge is -2.31. The first-order valence-corrected chi connectivity index (χ1v) is 12.5. The lowest BCUT2D eigenvalue weighted by Crippen LogP contribution is -2.42. The molecular formula is C25H35N5O4. The highest BCUT2D eigenvalue weighted by atomic mass is 16.5. The van der Waals surface area contributed by atoms with Crippen LogP contribution in [0.5, 0.6) is 5.75 Å². The van der Waals surface area contributed by atoms with Gasteiger partial charge in [-0.3, -0.25) is 9.69 Å². The molecule has 0 radical (unpaired) electrons. The minimum Gasteiger partial charge on any atom is -0.497 e. The standard InChI is InChI=1S/C25H35N5O4/c1-32-22-4-2-19(3-5-22)23-27-25(34-28-23)29-12-7-20(8-13-29)24(31)26-16-18-6-11-30(17-18)21-9-14-33-15-10-21/h2-5,18,20-21H,6-17H2,1H3,(H,26,31). The lowest BCUT2D eigenvalue weighted by molar-refractivity contribution is -0.125. The Labute approximate surface area is 200 Å². The zero-order valence-corrected chi connectivity index (χ0v) is 19.9. The van der Waals surface area contributed by atoms with Crippen molar-refractivity contribution in [2.24, 2.45) is 11.8 Å². The van der Waals surface area contributed by atoms with Crippen molar-refractivity contribution >= 4 is 11.9 Å². The summed E-state index contributed by atoms with van der Waals surface area (Å²) < 4.78 is 16.2. The van der Waals surface area contributed by atoms with Crippen LogP contribution in [0.25, 0.3) is 11.4 Å². The SMILES string of the molecule is COc1ccc(-c2noc(N3CCC(C(=O)NCC4CCN(C5CCOCC5)C4)CC3)n2)cc1. The third-order valence-electron chi connectivity index (χ3n) is 7.49. The molecule has 0 spiro atoms. The fourth-order valence-electron chi connectivity index (χ4n) is 5.33. The molecule has 1 aromatic heterocycles. The normalized spacial score (nSPS) is 22.7. The van der Waals surface area contributed by atoms with Crippen LogP contribution in [0.15, 0.2) is 28.8 Å². The van der Waals surface area contributed by atoms with Gasteiger partial charge in [0, 0.05) is 56.9 Å². The van der Waals surface area contributed by atoms with Crippen molar-refractivity contribution < 1.29 is 18.8 Å². The predicted molar refractivity (Wildman–Crippen MR) is 128 cm³/mol. The molecule has 9 nitrogen and oxygen atoms in total. The van der Waals surface area contributed by atoms with E-state index in [0.29, 0.717) is 23.8 Å². The number of carbonyl (C=O) groups is 1. The van der Waals surface area contributed by atoms with Gasteiger partial charge in [0.2, 0.25) is 11.7 Å². The highest BCUT2D eigenvalue weighted by Crippen LogP contribution is 2.27. The van der Waals surface area contributed by atoms with Crippen molar-refractivity contribution in [3.63, 3.8) is 0 Å². The van der Waals surface area contributed by atoms with Crippen LogP contribution < -0.4 is 15.0 Å². The molecule has 3 aliphatic rings. The van der Waals surface area contributed by atoms with Crippen LogP contribution in [0.2, 0.25) is 0 Å². The van der Waals surface area contributed by atoms with Crippen molar-refractivity contribution in [2.75, 3.05) is 57.9 Å². The average Bonchev–Trinajstić information content (AvgIpc) is 3.58. The van der Waals surface area contributed by atoms with Gasteiger partial charge in [0.25, 0.3) is 0 Å². The third kappa shape index (κ3) is 5.36. The summed E-state index contributed by atoms with van der Waals surface area (Å²) in [7, 11) is 1.64. The molecule has 5 rings (SSSR count). The first-order chi connectivity index (χ1) is 16.7. The van der Waals surface area contributed by atoms with E-state index < -0.39 is 0 Å². The maximum atomic E-state index is 12.8. The molecule has 9 heteroatoms. The summed E-state index contributed by atoms with van der Waals surface area (Å²) in [6.45, 7) is 6.27. The summed E-state index contributed by atoms with van der Waals surface area (Å²) in [5.41, 5.74) is 0.882. The number of hydrogen-bond acceptors (Lipinski definition) is 8. The van der Waals surface area contributed by atoms with Crippen LogP contribution in [0.4, 0.5) is 6.01 Å². The van der Waals surface area contributed by atoms with Crippen molar-refractivity contribution in [1.82, 2.24) is 20.4 Å². The van der Waals surface area contributed by atoms with Crippen LogP contribution in [0.3, 0.4) is 0 Å². The van der Waals surface area contributed by atoms with Gasteiger partial charge in [0.05, 0.1) is 7.11 Å². The van der Waals surface area contributed by atoms with Crippen molar-refractivity contribution in [3.05, 3.63) is 24.3 Å². The highest BCUT2D eigenvalue weighted by molar-refractivity contribution is 5.79. The number of aromatic nitrogens is 2. The van der Waals surface area contributed by atoms with Crippen molar-refractivity contribution in [1.29, 1.82) is 0 Å². The Bertz CT molecular complexity index is 935. The van der Waals surface area contributed by atoms with Gasteiger partial charge < -0.3 is 24.2 Å². The number of likely N-dealkylation sites (tertiary alicyclic amines) is 1. The fraction of sp³-hybridized carbons (Fsp3) is 0.640. The number of nitrogens with one attached hydrogen (secondary N) is 1. The molecule has 0 bridgehead atoms. The number of ether oxygens (including phenoxy) is 2. The van der Waals surface area contributed by atoms with Gasteiger partial charge in [-0.25, -0.2) is 0 Å². The predicted octanol–water partition coefficient (Wildman–Crippen LogP) is 2.58. The van der Waals surface area contributed by atoms with Gasteiger partial charge >= 0.3 is 6.01 Å². The monoisotopic (exact) mass is 469 g/mol. The van der Waals surface area contributed by atoms with E-state index in [9.17, 15) is 4.79 Å². The minimum atomic E-state index is 0.0493. The van der Waals surface area contributed by atoms with E-state index in [1.807, 2.05) is 24.3 Å². The summed E-state index contributed by atoms with van der Waals surface area (Å²) >= 11 is 0. The molecule has 3 saturated heterocycles. The summed E-state index contributed by atoms with van der Waals surface area (Å²) in [4.78, 5) is 22.0. The number of anilines is 1. The van der Waals surface area contributed by atoms with Gasteiger partial charge in [0.1, 0.15) is 5.75 Å². The molecule has 1 atom stereocenters. The molecule has 3 aliphatic heterocycles. The summed E-state index contributed by atoms with van der Waals surface area (Å²) in [5, 5.41) is 7.36. The van der Waals surface area contributed by atoms with Gasteiger partial charge in [0.15, 0.2) is 0 Å². The van der Waals surface area contributed by atoms with Crippen molar-refractivity contribution in [3.8, 4) is 17.1 Å². The van der Waals surface area contributed by atoms with Gasteiger partial charge in [-0.15, -0.1) is 0 Å². The molecule has 34 heavy (non-hydrogen) atoms. The van der Waals surface area contributed by atoms with Gasteiger partial charge in [-0.1, -0.05) is 5.16 Å². The Morgan fingerprint density at radius 1 is 1.09 bits per heavy atom. The molecule has 0 saturated carbocycles. The van der Waals surface area contributed by atoms with E-state index in [1.165, 1.54) is 6.42 Å². The molecule has 184 valence electrons. The van der Waals surface area contributed by atoms with Crippen LogP contribution in [0, 0.1) is 11.8 Å². The Morgan fingerprint density at radius 3 is 2.59 bits per heavy atom. The van der Waals surface area contributed by atoms with Crippen LogP contribution in [0.1, 0.15) is 32.1 Å². The Kier molecular flexibility index (Phi) is 7.30. The molecule has 1 unspecified atom stereocenters. The number of piperidine rings is 1. The summed E-state index contributed by atoms with van der Waals surface area (Å²) in [6, 6.07) is 8.76. The van der Waals surface area contributed by atoms with Gasteiger partial charge in [-0.2, -0.15) is 4.98 Å². The first kappa shape index (κ1) is 23.1. The molecular weight excluding hydrogens is 434 g/mol. The number of nitrogens with zero attached hydrogens (tertiary/aromatic N) is 4. The number of hydrogen-bond donors (Lipinski definition) is 1. The van der Waals surface area contributed by atoms with Crippen LogP contribution in [-0.2, 0) is 9.53 Å². The molecule has 4 heterocycles. The second kappa shape index (κ2) is 10.7. The number of amides is 1. The maximum absolute atomic E-state index is 12.8. The van der Waals surface area contributed by atoms with Crippen LogP contribution >= 0.6 is 0 Å². The molecule has 1 N–H and O–H groups in total. The quantitative estimate of drug-likeness (QED) is 0.662. The molecule has 1 amide bonds. The average molecular weight is 470 g/mol. The minimum absolute atomic E-state index is 0.0493. The highest BCUT2D eigenvalue weighted by Gasteiger charge is 2.31. The Hall–Kier alpha value is -2.65. The zero-order valence-electron chi connectivity index (χ0n) is 19.9. The molecule has 0 aliphatic carbocycles. The van der Waals surface area contributed by atoms with E-state index in [2.05, 4.69) is 25.3 Å². The lowest BCUT2D eigenvalue weighted by atomic mass is 9.96. The maximum Gasteiger partial charge on any atom is 0.324 e. The second-order valence-electron chi connectivity index (χ2n) is 9.63. The number of carbonyl (C=O) groups excluding carboxylic acids is 1. The Balaban J connectivity index is 1.05. The van der Waals surface area contributed by atoms with E-state index >= 15 is 0 Å². The third-order valence-corrected chi connectivity index (χ3v) is 7.49. The topological polar surface area (TPSA) is 93.0 Å². The number of benzene rings is 1. The smallest absolute Gasteiger partial charge is 0.324 e. The molecule has 3 fully saturated rings. The van der Waals surface area contributed by atoms with E-state index in [4.69, 9.17) is 14.0 Å². The van der Waals surface area contributed by atoms with Crippen molar-refractivity contribution in [2.45, 2.75) is 38.1 Å². The van der Waals surface area contributed by atoms with E-state index in [-0.39, 0.29) is 11.8 Å². The summed E-state index contributed by atoms with van der Waals surface area (Å²) in [6.07, 6.45) is 5.04. The van der Waals surface area contributed by atoms with Gasteiger partial charge in [-0.05, 0) is 68.8 Å². The molecule has 1 aromatic carbocycles. The van der Waals surface area contributed by atoms with E-state index in [1.54, 1.807) is 7.11 Å². The van der Waals surface area contributed by atoms with E-state index in [0.717, 1.165) is 82.9 Å². The largest absolute Gasteiger partial charge is 0.497 e. The Morgan fingerprint density at radius 2 is 1.85 bits per heavy atom. The summed E-state index contributed by atoms with van der Waals surface area (Å²) in [5.74, 6) is 2.14.